The molecule has 3 rings (SSSR count). The molecule has 0 saturated heterocycles. The number of carbonyl (C=O) groups excluding carboxylic acids is 2. The summed E-state index contributed by atoms with van der Waals surface area (Å²) in [4.78, 5) is 29.0. The quantitative estimate of drug-likeness (QED) is 0.298. The lowest BCUT2D eigenvalue weighted by atomic mass is 10.1. The van der Waals surface area contributed by atoms with Gasteiger partial charge in [-0.3, -0.25) is 13.9 Å². The highest BCUT2D eigenvalue weighted by Gasteiger charge is 2.34. The van der Waals surface area contributed by atoms with Crippen LogP contribution < -0.4 is 19.1 Å². The van der Waals surface area contributed by atoms with E-state index in [1.807, 2.05) is 26.8 Å². The minimum Gasteiger partial charge on any atom is -0.497 e. The molecule has 2 amide bonds. The van der Waals surface area contributed by atoms with Crippen molar-refractivity contribution in [1.29, 1.82) is 0 Å². The van der Waals surface area contributed by atoms with E-state index in [4.69, 9.17) is 9.47 Å². The first-order chi connectivity index (χ1) is 19.6. The molecule has 0 spiro atoms. The van der Waals surface area contributed by atoms with E-state index in [1.54, 1.807) is 67.8 Å². The van der Waals surface area contributed by atoms with E-state index in [-0.39, 0.29) is 29.1 Å². The Morgan fingerprint density at radius 1 is 0.854 bits per heavy atom. The second-order valence-corrected chi connectivity index (χ2v) is 11.5. The van der Waals surface area contributed by atoms with Crippen molar-refractivity contribution in [3.05, 3.63) is 84.4 Å². The number of methoxy groups -OCH3 is 2. The summed E-state index contributed by atoms with van der Waals surface area (Å²) in [5.41, 5.74) is 1.01. The van der Waals surface area contributed by atoms with E-state index in [2.05, 4.69) is 5.32 Å². The van der Waals surface area contributed by atoms with Crippen molar-refractivity contribution in [2.24, 2.45) is 0 Å². The fraction of sp³-hybridized carbons (Fsp3) is 0.355. The standard InChI is InChI=1S/C31H39N3O6S/c1-6-23(3)32-31(36)29(7-2)33(21-24-13-11-15-26(19-24)39-4)30(35)22-34(25-14-12-16-27(20-25)40-5)41(37,38)28-17-9-8-10-18-28/h8-20,23,29H,6-7,21-22H2,1-5H3,(H,32,36). The van der Waals surface area contributed by atoms with Gasteiger partial charge in [-0.25, -0.2) is 8.42 Å². The van der Waals surface area contributed by atoms with Gasteiger partial charge in [-0.05, 0) is 61.7 Å². The zero-order chi connectivity index (χ0) is 30.0. The SMILES string of the molecule is CCC(C)NC(=O)C(CC)N(Cc1cccc(OC)c1)C(=O)CN(c1cccc(OC)c1)S(=O)(=O)c1ccccc1. The van der Waals surface area contributed by atoms with Crippen LogP contribution in [-0.2, 0) is 26.2 Å². The Morgan fingerprint density at radius 2 is 1.49 bits per heavy atom. The lowest BCUT2D eigenvalue weighted by Crippen LogP contribution is -2.53. The molecule has 0 aromatic heterocycles. The van der Waals surface area contributed by atoms with Crippen LogP contribution in [0.4, 0.5) is 5.69 Å². The zero-order valence-electron chi connectivity index (χ0n) is 24.2. The molecular weight excluding hydrogens is 542 g/mol. The Bertz CT molecular complexity index is 1410. The van der Waals surface area contributed by atoms with Gasteiger partial charge in [0.25, 0.3) is 10.0 Å². The van der Waals surface area contributed by atoms with Gasteiger partial charge in [0.1, 0.15) is 24.1 Å². The number of ether oxygens (including phenoxy) is 2. The molecule has 0 radical (unpaired) electrons. The number of hydrogen-bond donors (Lipinski definition) is 1. The number of anilines is 1. The van der Waals surface area contributed by atoms with Crippen LogP contribution in [-0.4, -0.2) is 58.0 Å². The van der Waals surface area contributed by atoms with Gasteiger partial charge in [0.15, 0.2) is 0 Å². The number of benzene rings is 3. The maximum absolute atomic E-state index is 14.2. The van der Waals surface area contributed by atoms with E-state index in [1.165, 1.54) is 24.1 Å². The molecule has 0 bridgehead atoms. The average Bonchev–Trinajstić information content (AvgIpc) is 2.99. The summed E-state index contributed by atoms with van der Waals surface area (Å²) in [5.74, 6) is 0.228. The van der Waals surface area contributed by atoms with Crippen molar-refractivity contribution in [3.8, 4) is 11.5 Å². The maximum atomic E-state index is 14.2. The molecule has 0 aliphatic carbocycles. The number of nitrogens with zero attached hydrogens (tertiary/aromatic N) is 2. The van der Waals surface area contributed by atoms with Crippen molar-refractivity contribution in [2.75, 3.05) is 25.1 Å². The molecule has 0 aliphatic heterocycles. The Kier molecular flexibility index (Phi) is 11.2. The molecule has 220 valence electrons. The molecule has 1 N–H and O–H groups in total. The van der Waals surface area contributed by atoms with Crippen LogP contribution in [0.25, 0.3) is 0 Å². The second kappa shape index (κ2) is 14.5. The number of rotatable bonds is 14. The first-order valence-corrected chi connectivity index (χ1v) is 15.0. The van der Waals surface area contributed by atoms with Gasteiger partial charge in [-0.15, -0.1) is 0 Å². The molecular formula is C31H39N3O6S. The van der Waals surface area contributed by atoms with Gasteiger partial charge in [0.05, 0.1) is 24.8 Å². The summed E-state index contributed by atoms with van der Waals surface area (Å²) in [7, 11) is -1.12. The summed E-state index contributed by atoms with van der Waals surface area (Å²) < 4.78 is 39.6. The Hall–Kier alpha value is -4.05. The fourth-order valence-corrected chi connectivity index (χ4v) is 5.77. The number of sulfonamides is 1. The first-order valence-electron chi connectivity index (χ1n) is 13.6. The van der Waals surface area contributed by atoms with Crippen LogP contribution in [0.2, 0.25) is 0 Å². The monoisotopic (exact) mass is 581 g/mol. The Labute approximate surface area is 243 Å². The van der Waals surface area contributed by atoms with Gasteiger partial charge in [-0.2, -0.15) is 0 Å². The molecule has 2 unspecified atom stereocenters. The minimum atomic E-state index is -4.16. The average molecular weight is 582 g/mol. The highest BCUT2D eigenvalue weighted by atomic mass is 32.2. The lowest BCUT2D eigenvalue weighted by Gasteiger charge is -2.33. The molecule has 2 atom stereocenters. The van der Waals surface area contributed by atoms with Gasteiger partial charge >= 0.3 is 0 Å². The summed E-state index contributed by atoms with van der Waals surface area (Å²) >= 11 is 0. The predicted molar refractivity (Wildman–Crippen MR) is 159 cm³/mol. The van der Waals surface area contributed by atoms with Crippen LogP contribution in [0.15, 0.2) is 83.8 Å². The number of amides is 2. The number of carbonyl (C=O) groups is 2. The minimum absolute atomic E-state index is 0.0384. The molecule has 41 heavy (non-hydrogen) atoms. The molecule has 0 aliphatic rings. The third-order valence-corrected chi connectivity index (χ3v) is 8.61. The summed E-state index contributed by atoms with van der Waals surface area (Å²) in [5, 5.41) is 2.97. The van der Waals surface area contributed by atoms with Gasteiger partial charge in [0, 0.05) is 18.7 Å². The predicted octanol–water partition coefficient (Wildman–Crippen LogP) is 4.62. The van der Waals surface area contributed by atoms with E-state index >= 15 is 0 Å². The van der Waals surface area contributed by atoms with Crippen LogP contribution in [0.3, 0.4) is 0 Å². The highest BCUT2D eigenvalue weighted by Crippen LogP contribution is 2.28. The van der Waals surface area contributed by atoms with Crippen molar-refractivity contribution in [1.82, 2.24) is 10.2 Å². The Balaban J connectivity index is 2.08. The van der Waals surface area contributed by atoms with Gasteiger partial charge in [-0.1, -0.05) is 50.2 Å². The maximum Gasteiger partial charge on any atom is 0.264 e. The summed E-state index contributed by atoms with van der Waals surface area (Å²) in [6.07, 6.45) is 1.06. The topological polar surface area (TPSA) is 105 Å². The van der Waals surface area contributed by atoms with Crippen molar-refractivity contribution < 1.29 is 27.5 Å². The number of hydrogen-bond acceptors (Lipinski definition) is 6. The van der Waals surface area contributed by atoms with Crippen LogP contribution in [0.5, 0.6) is 11.5 Å². The van der Waals surface area contributed by atoms with E-state index in [0.717, 1.165) is 16.3 Å². The Morgan fingerprint density at radius 3 is 2.10 bits per heavy atom. The van der Waals surface area contributed by atoms with Crippen LogP contribution in [0, 0.1) is 0 Å². The van der Waals surface area contributed by atoms with Crippen molar-refractivity contribution in [3.63, 3.8) is 0 Å². The zero-order valence-corrected chi connectivity index (χ0v) is 25.1. The largest absolute Gasteiger partial charge is 0.497 e. The van der Waals surface area contributed by atoms with Gasteiger partial charge in [0.2, 0.25) is 11.8 Å². The summed E-state index contributed by atoms with van der Waals surface area (Å²) in [6.45, 7) is 5.25. The normalized spacial score (nSPS) is 12.6. The van der Waals surface area contributed by atoms with E-state index in [0.29, 0.717) is 17.9 Å². The lowest BCUT2D eigenvalue weighted by molar-refractivity contribution is -0.140. The fourth-order valence-electron chi connectivity index (χ4n) is 4.34. The van der Waals surface area contributed by atoms with E-state index < -0.39 is 28.5 Å². The molecule has 3 aromatic carbocycles. The third kappa shape index (κ3) is 8.00. The molecule has 0 saturated carbocycles. The smallest absolute Gasteiger partial charge is 0.264 e. The molecule has 0 fully saturated rings. The number of nitrogens with one attached hydrogen (secondary N) is 1. The molecule has 10 heteroatoms. The molecule has 9 nitrogen and oxygen atoms in total. The highest BCUT2D eigenvalue weighted by molar-refractivity contribution is 7.92. The van der Waals surface area contributed by atoms with Crippen LogP contribution in [0.1, 0.15) is 39.2 Å². The molecule has 0 heterocycles. The first kappa shape index (κ1) is 31.5. The summed E-state index contributed by atoms with van der Waals surface area (Å²) in [6, 6.07) is 20.8. The van der Waals surface area contributed by atoms with Crippen LogP contribution >= 0.6 is 0 Å². The van der Waals surface area contributed by atoms with E-state index in [9.17, 15) is 18.0 Å². The van der Waals surface area contributed by atoms with Crippen molar-refractivity contribution in [2.45, 2.75) is 57.1 Å². The van der Waals surface area contributed by atoms with Gasteiger partial charge < -0.3 is 19.7 Å². The van der Waals surface area contributed by atoms with Crippen molar-refractivity contribution >= 4 is 27.5 Å². The third-order valence-electron chi connectivity index (χ3n) is 6.83. The second-order valence-electron chi connectivity index (χ2n) is 9.64. The molecule has 3 aromatic rings.